The number of hydrogen-bond acceptors (Lipinski definition) is 7. The predicted molar refractivity (Wildman–Crippen MR) is 133 cm³/mol. The summed E-state index contributed by atoms with van der Waals surface area (Å²) in [6.45, 7) is 2.65. The Kier molecular flexibility index (Phi) is 6.52. The number of amides is 1. The van der Waals surface area contributed by atoms with Crippen LogP contribution in [0.3, 0.4) is 0 Å². The first-order valence-corrected chi connectivity index (χ1v) is 11.6. The third kappa shape index (κ3) is 4.52. The van der Waals surface area contributed by atoms with Crippen LogP contribution in [0.15, 0.2) is 54.7 Å². The van der Waals surface area contributed by atoms with Crippen molar-refractivity contribution in [2.45, 2.75) is 6.61 Å². The fraction of sp³-hybridized carbons (Fsp3) is 0.280. The monoisotopic (exact) mass is 492 g/mol. The predicted octanol–water partition coefficient (Wildman–Crippen LogP) is 3.59. The van der Waals surface area contributed by atoms with E-state index in [9.17, 15) is 4.79 Å². The van der Waals surface area contributed by atoms with Gasteiger partial charge in [-0.15, -0.1) is 0 Å². The van der Waals surface area contributed by atoms with E-state index in [2.05, 4.69) is 10.00 Å². The Balaban J connectivity index is 1.43. The van der Waals surface area contributed by atoms with E-state index in [1.807, 2.05) is 41.3 Å². The van der Waals surface area contributed by atoms with Crippen LogP contribution < -0.4 is 9.64 Å². The average Bonchev–Trinajstić information content (AvgIpc) is 3.32. The van der Waals surface area contributed by atoms with Gasteiger partial charge in [0.1, 0.15) is 18.2 Å². The van der Waals surface area contributed by atoms with Crippen molar-refractivity contribution in [3.63, 3.8) is 0 Å². The summed E-state index contributed by atoms with van der Waals surface area (Å²) in [6.07, 6.45) is 1.78. The molecule has 1 fully saturated rings. The Bertz CT molecular complexity index is 1350. The number of ether oxygens (including phenoxy) is 2. The number of halogens is 1. The normalized spacial score (nSPS) is 13.9. The van der Waals surface area contributed by atoms with Gasteiger partial charge in [0.15, 0.2) is 11.5 Å². The van der Waals surface area contributed by atoms with Crippen LogP contribution in [0.2, 0.25) is 5.02 Å². The van der Waals surface area contributed by atoms with Crippen LogP contribution in [-0.2, 0) is 11.3 Å². The van der Waals surface area contributed by atoms with Crippen LogP contribution >= 0.6 is 11.6 Å². The molecule has 1 aliphatic rings. The Labute approximate surface area is 207 Å². The lowest BCUT2D eigenvalue weighted by Gasteiger charge is -2.35. The zero-order valence-electron chi connectivity index (χ0n) is 19.5. The third-order valence-corrected chi connectivity index (χ3v) is 6.35. The van der Waals surface area contributed by atoms with E-state index in [1.165, 1.54) is 0 Å². The molecule has 0 spiro atoms. The van der Waals surface area contributed by atoms with Crippen molar-refractivity contribution in [3.8, 4) is 11.4 Å². The van der Waals surface area contributed by atoms with E-state index in [0.717, 1.165) is 22.6 Å². The van der Waals surface area contributed by atoms with E-state index in [4.69, 9.17) is 31.0 Å². The van der Waals surface area contributed by atoms with Crippen molar-refractivity contribution in [1.82, 2.24) is 24.6 Å². The first-order valence-electron chi connectivity index (χ1n) is 11.3. The minimum Gasteiger partial charge on any atom is -0.497 e. The van der Waals surface area contributed by atoms with Gasteiger partial charge in [-0.25, -0.2) is 14.6 Å². The first kappa shape index (κ1) is 23.1. The Hall–Kier alpha value is -3.69. The SMILES string of the molecule is COCc1nc(N2CCN(C(=O)c3ccccc3Cl)CC2)c2cnn(-c3ccc(OC)cc3)c2n1. The fourth-order valence-electron chi connectivity index (χ4n) is 4.21. The van der Waals surface area contributed by atoms with E-state index in [0.29, 0.717) is 48.2 Å². The highest BCUT2D eigenvalue weighted by Gasteiger charge is 2.26. The second-order valence-corrected chi connectivity index (χ2v) is 8.55. The molecule has 0 N–H and O–H groups in total. The quantitative estimate of drug-likeness (QED) is 0.406. The summed E-state index contributed by atoms with van der Waals surface area (Å²) in [5, 5.41) is 5.90. The lowest BCUT2D eigenvalue weighted by atomic mass is 10.1. The molecule has 9 nitrogen and oxygen atoms in total. The summed E-state index contributed by atoms with van der Waals surface area (Å²) in [5.41, 5.74) is 2.08. The van der Waals surface area contributed by atoms with E-state index in [-0.39, 0.29) is 12.5 Å². The number of carbonyl (C=O) groups is 1. The minimum absolute atomic E-state index is 0.0597. The Morgan fingerprint density at radius 1 is 1.00 bits per heavy atom. The number of piperazine rings is 1. The first-order chi connectivity index (χ1) is 17.1. The molecule has 0 bridgehead atoms. The maximum Gasteiger partial charge on any atom is 0.255 e. The molecule has 0 radical (unpaired) electrons. The number of benzene rings is 2. The number of methoxy groups -OCH3 is 2. The number of anilines is 1. The van der Waals surface area contributed by atoms with Gasteiger partial charge in [-0.05, 0) is 36.4 Å². The summed E-state index contributed by atoms with van der Waals surface area (Å²) in [4.78, 5) is 26.5. The molecule has 180 valence electrons. The summed E-state index contributed by atoms with van der Waals surface area (Å²) >= 11 is 6.24. The number of hydrogen-bond donors (Lipinski definition) is 0. The van der Waals surface area contributed by atoms with Gasteiger partial charge >= 0.3 is 0 Å². The molecule has 0 saturated carbocycles. The number of nitrogens with zero attached hydrogens (tertiary/aromatic N) is 6. The van der Waals surface area contributed by atoms with Crippen LogP contribution in [0, 0.1) is 0 Å². The molecule has 4 aromatic rings. The molecule has 0 aliphatic carbocycles. The van der Waals surface area contributed by atoms with Crippen molar-refractivity contribution in [2.24, 2.45) is 0 Å². The molecule has 5 rings (SSSR count). The topological polar surface area (TPSA) is 85.6 Å². The van der Waals surface area contributed by atoms with Crippen LogP contribution in [0.4, 0.5) is 5.82 Å². The smallest absolute Gasteiger partial charge is 0.255 e. The van der Waals surface area contributed by atoms with Gasteiger partial charge in [0.25, 0.3) is 5.91 Å². The molecular weight excluding hydrogens is 468 g/mol. The molecule has 1 amide bonds. The summed E-state index contributed by atoms with van der Waals surface area (Å²) in [5.74, 6) is 2.06. The van der Waals surface area contributed by atoms with Gasteiger partial charge in [0, 0.05) is 33.3 Å². The van der Waals surface area contributed by atoms with Crippen LogP contribution in [0.1, 0.15) is 16.2 Å². The molecule has 0 unspecified atom stereocenters. The zero-order chi connectivity index (χ0) is 24.4. The van der Waals surface area contributed by atoms with E-state index < -0.39 is 0 Å². The lowest BCUT2D eigenvalue weighted by Crippen LogP contribution is -2.49. The number of aromatic nitrogens is 4. The van der Waals surface area contributed by atoms with Gasteiger partial charge in [-0.2, -0.15) is 5.10 Å². The van der Waals surface area contributed by atoms with Crippen molar-refractivity contribution in [2.75, 3.05) is 45.3 Å². The van der Waals surface area contributed by atoms with Gasteiger partial charge in [-0.1, -0.05) is 23.7 Å². The molecule has 0 atom stereocenters. The number of rotatable bonds is 6. The van der Waals surface area contributed by atoms with Gasteiger partial charge < -0.3 is 19.3 Å². The Morgan fingerprint density at radius 3 is 2.43 bits per heavy atom. The molecule has 2 aromatic heterocycles. The van der Waals surface area contributed by atoms with Crippen LogP contribution in [-0.4, -0.2) is 71.0 Å². The molecule has 1 aliphatic heterocycles. The highest BCUT2D eigenvalue weighted by atomic mass is 35.5. The molecule has 35 heavy (non-hydrogen) atoms. The maximum atomic E-state index is 13.0. The van der Waals surface area contributed by atoms with Crippen molar-refractivity contribution in [1.29, 1.82) is 0 Å². The van der Waals surface area contributed by atoms with Crippen LogP contribution in [0.25, 0.3) is 16.7 Å². The Morgan fingerprint density at radius 2 is 1.74 bits per heavy atom. The van der Waals surface area contributed by atoms with Crippen molar-refractivity contribution in [3.05, 3.63) is 71.1 Å². The summed E-state index contributed by atoms with van der Waals surface area (Å²) < 4.78 is 12.4. The minimum atomic E-state index is -0.0597. The van der Waals surface area contributed by atoms with Crippen molar-refractivity contribution >= 4 is 34.4 Å². The molecule has 3 heterocycles. The fourth-order valence-corrected chi connectivity index (χ4v) is 4.43. The van der Waals surface area contributed by atoms with Crippen LogP contribution in [0.5, 0.6) is 5.75 Å². The molecule has 1 saturated heterocycles. The summed E-state index contributed by atoms with van der Waals surface area (Å²) in [6, 6.07) is 14.8. The largest absolute Gasteiger partial charge is 0.497 e. The van der Waals surface area contributed by atoms with Gasteiger partial charge in [0.2, 0.25) is 0 Å². The lowest BCUT2D eigenvalue weighted by molar-refractivity contribution is 0.0746. The second-order valence-electron chi connectivity index (χ2n) is 8.15. The maximum absolute atomic E-state index is 13.0. The highest BCUT2D eigenvalue weighted by molar-refractivity contribution is 6.33. The number of fused-ring (bicyclic) bond motifs is 1. The van der Waals surface area contributed by atoms with Gasteiger partial charge in [0.05, 0.1) is 35.0 Å². The van der Waals surface area contributed by atoms with Crippen molar-refractivity contribution < 1.29 is 14.3 Å². The highest BCUT2D eigenvalue weighted by Crippen LogP contribution is 2.28. The average molecular weight is 493 g/mol. The van der Waals surface area contributed by atoms with Gasteiger partial charge in [-0.3, -0.25) is 4.79 Å². The third-order valence-electron chi connectivity index (χ3n) is 6.02. The molecular formula is C25H25ClN6O3. The standard InChI is InChI=1S/C25H25ClN6O3/c1-34-16-22-28-23(20-15-27-32(24(20)29-22)17-7-9-18(35-2)10-8-17)30-11-13-31(14-12-30)25(33)19-5-3-4-6-21(19)26/h3-10,15H,11-14,16H2,1-2H3. The number of carbonyl (C=O) groups excluding carboxylic acids is 1. The molecule has 2 aromatic carbocycles. The molecule has 10 heteroatoms. The summed E-state index contributed by atoms with van der Waals surface area (Å²) in [7, 11) is 3.25. The zero-order valence-corrected chi connectivity index (χ0v) is 20.3. The van der Waals surface area contributed by atoms with E-state index >= 15 is 0 Å². The second kappa shape index (κ2) is 9.89. The van der Waals surface area contributed by atoms with E-state index in [1.54, 1.807) is 37.2 Å².